The zero-order valence-electron chi connectivity index (χ0n) is 24.4. The van der Waals surface area contributed by atoms with E-state index in [1.807, 2.05) is 6.92 Å². The summed E-state index contributed by atoms with van der Waals surface area (Å²) in [5.74, 6) is -2.22. The van der Waals surface area contributed by atoms with Gasteiger partial charge in [-0.15, -0.1) is 0 Å². The van der Waals surface area contributed by atoms with Gasteiger partial charge in [0.1, 0.15) is 6.10 Å². The van der Waals surface area contributed by atoms with E-state index in [-0.39, 0.29) is 34.9 Å². The summed E-state index contributed by atoms with van der Waals surface area (Å²) in [5.41, 5.74) is 6.29. The van der Waals surface area contributed by atoms with Crippen LogP contribution in [-0.2, 0) is 28.6 Å². The fourth-order valence-corrected chi connectivity index (χ4v) is 4.84. The minimum atomic E-state index is -1.00. The molecular weight excluding hydrogens is 530 g/mol. The molecule has 0 aromatic heterocycles. The number of aliphatic hydroxyl groups is 1. The van der Waals surface area contributed by atoms with E-state index < -0.39 is 53.9 Å². The van der Waals surface area contributed by atoms with Crippen LogP contribution in [0, 0.1) is 11.8 Å². The maximum Gasteiger partial charge on any atom is 0.405 e. The van der Waals surface area contributed by atoms with E-state index in [4.69, 9.17) is 19.9 Å². The average molecular weight is 572 g/mol. The van der Waals surface area contributed by atoms with Gasteiger partial charge >= 0.3 is 6.09 Å². The molecule has 0 saturated carbocycles. The van der Waals surface area contributed by atoms with E-state index in [2.05, 4.69) is 17.2 Å². The van der Waals surface area contributed by atoms with Crippen LogP contribution in [0.4, 0.5) is 4.79 Å². The fraction of sp³-hybridized carbons (Fsp3) is 0.467. The summed E-state index contributed by atoms with van der Waals surface area (Å²) in [6.45, 7) is 10.5. The summed E-state index contributed by atoms with van der Waals surface area (Å²) in [4.78, 5) is 51.0. The van der Waals surface area contributed by atoms with Crippen LogP contribution in [0.5, 0.6) is 0 Å². The summed E-state index contributed by atoms with van der Waals surface area (Å²) in [7, 11) is 2.91. The Labute approximate surface area is 240 Å². The van der Waals surface area contributed by atoms with Gasteiger partial charge in [-0.05, 0) is 44.4 Å². The van der Waals surface area contributed by atoms with Gasteiger partial charge in [0, 0.05) is 37.4 Å². The number of nitrogens with one attached hydrogen (secondary N) is 2. The van der Waals surface area contributed by atoms with Crippen molar-refractivity contribution in [1.29, 1.82) is 0 Å². The third kappa shape index (κ3) is 8.84. The molecule has 5 N–H and O–H groups in total. The second-order valence-corrected chi connectivity index (χ2v) is 10.3. The van der Waals surface area contributed by atoms with Crippen LogP contribution in [0.3, 0.4) is 0 Å². The van der Waals surface area contributed by atoms with Crippen molar-refractivity contribution < 1.29 is 38.5 Å². The Morgan fingerprint density at radius 3 is 2.46 bits per heavy atom. The zero-order valence-corrected chi connectivity index (χ0v) is 24.4. The van der Waals surface area contributed by atoms with Gasteiger partial charge in [0.15, 0.2) is 6.10 Å². The molecule has 1 aliphatic carbocycles. The van der Waals surface area contributed by atoms with E-state index in [9.17, 15) is 24.3 Å². The number of fused-ring (bicyclic) bond motifs is 2. The minimum Gasteiger partial charge on any atom is -0.439 e. The second kappa shape index (κ2) is 15.3. The Morgan fingerprint density at radius 2 is 1.88 bits per heavy atom. The maximum atomic E-state index is 13.4. The molecule has 0 unspecified atom stereocenters. The monoisotopic (exact) mass is 571 g/mol. The van der Waals surface area contributed by atoms with E-state index in [0.29, 0.717) is 12.0 Å². The number of hydrogen-bond donors (Lipinski definition) is 4. The standard InChI is InChI=1S/C30H41N3O8/c1-8-32-25-20-12-16(2)13-24(40-7)26(35)18(4)14-19(5)28(41-30(31)38)23(39-6)11-9-10-17(3)29(37)33-21(27(20)36)15-22(25)34/h8-11,14-16,18,23-24,26,28,32,35H,1,12-13H2,2-7H3,(H2,31,38)(H,33,37)/b11-9-,17-10+,19-14+/t16-,18+,23-,24+,26-,28+/m1/s1. The number of hydrogen-bond acceptors (Lipinski definition) is 9. The van der Waals surface area contributed by atoms with Crippen LogP contribution in [0.25, 0.3) is 0 Å². The van der Waals surface area contributed by atoms with Gasteiger partial charge in [0.25, 0.3) is 5.91 Å². The Hall–Kier alpha value is -3.80. The first-order valence-corrected chi connectivity index (χ1v) is 13.3. The molecule has 2 amide bonds. The number of aliphatic hydroxyl groups excluding tert-OH is 1. The van der Waals surface area contributed by atoms with Gasteiger partial charge in [-0.1, -0.05) is 44.7 Å². The van der Waals surface area contributed by atoms with Gasteiger partial charge in [0.2, 0.25) is 11.6 Å². The smallest absolute Gasteiger partial charge is 0.405 e. The fourth-order valence-electron chi connectivity index (χ4n) is 4.84. The van der Waals surface area contributed by atoms with E-state index in [1.54, 1.807) is 39.0 Å². The number of primary amides is 1. The number of allylic oxidation sites excluding steroid dienone is 4. The maximum absolute atomic E-state index is 13.4. The van der Waals surface area contributed by atoms with Gasteiger partial charge in [-0.3, -0.25) is 14.4 Å². The van der Waals surface area contributed by atoms with Gasteiger partial charge in [0.05, 0.1) is 23.6 Å². The quantitative estimate of drug-likeness (QED) is 0.286. The van der Waals surface area contributed by atoms with Gasteiger partial charge in [-0.25, -0.2) is 4.79 Å². The highest BCUT2D eigenvalue weighted by molar-refractivity contribution is 6.23. The van der Waals surface area contributed by atoms with Crippen LogP contribution < -0.4 is 16.4 Å². The highest BCUT2D eigenvalue weighted by Gasteiger charge is 2.33. The molecule has 0 aromatic carbocycles. The van der Waals surface area contributed by atoms with E-state index >= 15 is 0 Å². The number of rotatable bonds is 5. The van der Waals surface area contributed by atoms with Crippen LogP contribution in [0.1, 0.15) is 40.5 Å². The predicted molar refractivity (Wildman–Crippen MR) is 153 cm³/mol. The lowest BCUT2D eigenvalue weighted by molar-refractivity contribution is -0.120. The molecule has 6 atom stereocenters. The number of Topliss-reactive ketones (excluding diaryl/α,β-unsaturated/α-hetero) is 1. The molecule has 2 bridgehead atoms. The summed E-state index contributed by atoms with van der Waals surface area (Å²) < 4.78 is 16.5. The molecule has 0 spiro atoms. The zero-order chi connectivity index (χ0) is 30.9. The van der Waals surface area contributed by atoms with Crippen molar-refractivity contribution in [1.82, 2.24) is 10.6 Å². The first-order valence-electron chi connectivity index (χ1n) is 13.3. The third-order valence-electron chi connectivity index (χ3n) is 7.04. The lowest BCUT2D eigenvalue weighted by Crippen LogP contribution is -2.37. The van der Waals surface area contributed by atoms with Crippen LogP contribution in [-0.4, -0.2) is 67.3 Å². The molecule has 0 saturated heterocycles. The minimum absolute atomic E-state index is 0.0866. The molecule has 11 heteroatoms. The number of ether oxygens (including phenoxy) is 3. The largest absolute Gasteiger partial charge is 0.439 e. The SMILES string of the molecule is C=CNC1=C2C[C@@H](C)C[C@H](OC)[C@H](O)[C@@H](C)/C=C(\C)[C@H](OC(N)=O)[C@H](OC)/C=C\C=C(/C)C(=O)NC(=CC1=O)C2=O. The molecule has 11 nitrogen and oxygen atoms in total. The van der Waals surface area contributed by atoms with Crippen molar-refractivity contribution in [3.63, 3.8) is 0 Å². The van der Waals surface area contributed by atoms with Gasteiger partial charge < -0.3 is 35.7 Å². The van der Waals surface area contributed by atoms with Crippen molar-refractivity contribution in [2.75, 3.05) is 14.2 Å². The van der Waals surface area contributed by atoms with E-state index in [0.717, 1.165) is 6.08 Å². The van der Waals surface area contributed by atoms with Crippen LogP contribution >= 0.6 is 0 Å². The molecule has 0 fully saturated rings. The van der Waals surface area contributed by atoms with E-state index in [1.165, 1.54) is 26.5 Å². The molecule has 41 heavy (non-hydrogen) atoms. The van der Waals surface area contributed by atoms with Crippen molar-refractivity contribution >= 4 is 23.6 Å². The van der Waals surface area contributed by atoms with Crippen molar-refractivity contribution in [3.8, 4) is 0 Å². The lowest BCUT2D eigenvalue weighted by Gasteiger charge is -2.30. The Morgan fingerprint density at radius 1 is 1.20 bits per heavy atom. The second-order valence-electron chi connectivity index (χ2n) is 10.3. The van der Waals surface area contributed by atoms with Crippen molar-refractivity contribution in [2.24, 2.45) is 17.6 Å². The number of carbonyl (C=O) groups is 4. The lowest BCUT2D eigenvalue weighted by atomic mass is 9.85. The Bertz CT molecular complexity index is 1200. The Balaban J connectivity index is 2.62. The summed E-state index contributed by atoms with van der Waals surface area (Å²) >= 11 is 0. The molecule has 224 valence electrons. The molecule has 0 radical (unpaired) electrons. The molecule has 1 aliphatic heterocycles. The van der Waals surface area contributed by atoms with Crippen molar-refractivity contribution in [2.45, 2.75) is 65.0 Å². The number of amides is 2. The molecular formula is C30H41N3O8. The number of carbonyl (C=O) groups excluding carboxylic acids is 4. The summed E-state index contributed by atoms with van der Waals surface area (Å²) in [5, 5.41) is 16.5. The summed E-state index contributed by atoms with van der Waals surface area (Å²) in [6, 6.07) is 0. The summed E-state index contributed by atoms with van der Waals surface area (Å²) in [6.07, 6.45) is 4.99. The number of nitrogens with two attached hydrogens (primary N) is 1. The van der Waals surface area contributed by atoms with Gasteiger partial charge in [-0.2, -0.15) is 0 Å². The topological polar surface area (TPSA) is 166 Å². The van der Waals surface area contributed by atoms with Crippen molar-refractivity contribution in [3.05, 3.63) is 71.3 Å². The molecule has 2 aliphatic rings. The Kier molecular flexibility index (Phi) is 12.4. The van der Waals surface area contributed by atoms with Crippen LogP contribution in [0.2, 0.25) is 0 Å². The first-order chi connectivity index (χ1) is 19.3. The highest BCUT2D eigenvalue weighted by Crippen LogP contribution is 2.28. The number of methoxy groups -OCH3 is 2. The van der Waals surface area contributed by atoms with Crippen LogP contribution in [0.15, 0.2) is 71.3 Å². The average Bonchev–Trinajstić information content (AvgIpc) is 2.92. The third-order valence-corrected chi connectivity index (χ3v) is 7.04. The molecule has 1 heterocycles. The predicted octanol–water partition coefficient (Wildman–Crippen LogP) is 2.50. The molecule has 0 aromatic rings. The molecule has 2 rings (SSSR count). The number of ketones is 2. The highest BCUT2D eigenvalue weighted by atomic mass is 16.6. The normalized spacial score (nSPS) is 32.1. The first kappa shape index (κ1) is 33.4.